The average molecular weight is 483 g/mol. The van der Waals surface area contributed by atoms with Crippen molar-refractivity contribution in [3.8, 4) is 28.4 Å². The first kappa shape index (κ1) is 22.3. The zero-order valence-corrected chi connectivity index (χ0v) is 20.3. The van der Waals surface area contributed by atoms with Crippen LogP contribution in [0.1, 0.15) is 25.2 Å². The summed E-state index contributed by atoms with van der Waals surface area (Å²) in [6.07, 6.45) is 5.76. The number of methoxy groups -OCH3 is 1. The van der Waals surface area contributed by atoms with Gasteiger partial charge in [-0.3, -0.25) is 0 Å². The number of fused-ring (bicyclic) bond motifs is 2. The van der Waals surface area contributed by atoms with Crippen molar-refractivity contribution in [2.24, 2.45) is 0 Å². The summed E-state index contributed by atoms with van der Waals surface area (Å²) in [5, 5.41) is 4.36. The summed E-state index contributed by atoms with van der Waals surface area (Å²) in [4.78, 5) is 14.2. The summed E-state index contributed by atoms with van der Waals surface area (Å²) in [5.74, 6) is 2.19. The van der Waals surface area contributed by atoms with Crippen LogP contribution in [0, 0.1) is 5.82 Å². The number of aryl methyl sites for hydroxylation is 1. The molecule has 8 heteroatoms. The first-order valence-corrected chi connectivity index (χ1v) is 12.2. The molecule has 0 radical (unpaired) electrons. The lowest BCUT2D eigenvalue weighted by Crippen LogP contribution is -2.14. The van der Waals surface area contributed by atoms with E-state index in [0.717, 1.165) is 65.5 Å². The molecule has 6 rings (SSSR count). The molecule has 0 saturated heterocycles. The van der Waals surface area contributed by atoms with Crippen molar-refractivity contribution in [1.82, 2.24) is 24.1 Å². The van der Waals surface area contributed by atoms with Crippen molar-refractivity contribution < 1.29 is 9.13 Å². The summed E-state index contributed by atoms with van der Waals surface area (Å²) in [6.45, 7) is 3.55. The second kappa shape index (κ2) is 9.11. The number of halogens is 1. The topological polar surface area (TPSA) is 69.8 Å². The van der Waals surface area contributed by atoms with Gasteiger partial charge in [-0.05, 0) is 67.9 Å². The second-order valence-corrected chi connectivity index (χ2v) is 8.98. The Morgan fingerprint density at radius 1 is 1.08 bits per heavy atom. The van der Waals surface area contributed by atoms with Gasteiger partial charge < -0.3 is 19.2 Å². The minimum Gasteiger partial charge on any atom is -0.497 e. The SMILES string of the molecule is CCNc1nccc(-c2c(-c3ccc(F)cc3)nc3n2C(Cn2ccc4cc(OC)ccc42)CC3)n1. The van der Waals surface area contributed by atoms with Gasteiger partial charge in [0.05, 0.1) is 30.2 Å². The number of anilines is 1. The maximum atomic E-state index is 13.7. The maximum Gasteiger partial charge on any atom is 0.223 e. The number of aromatic nitrogens is 5. The lowest BCUT2D eigenvalue weighted by atomic mass is 10.1. The number of imidazole rings is 1. The summed E-state index contributed by atoms with van der Waals surface area (Å²) < 4.78 is 23.7. The largest absolute Gasteiger partial charge is 0.497 e. The van der Waals surface area contributed by atoms with Crippen molar-refractivity contribution >= 4 is 16.9 Å². The van der Waals surface area contributed by atoms with Gasteiger partial charge in [0.25, 0.3) is 0 Å². The van der Waals surface area contributed by atoms with Gasteiger partial charge in [-0.25, -0.2) is 19.3 Å². The van der Waals surface area contributed by atoms with Crippen LogP contribution in [0.3, 0.4) is 0 Å². The van der Waals surface area contributed by atoms with Gasteiger partial charge in [0, 0.05) is 48.4 Å². The van der Waals surface area contributed by atoms with Crippen LogP contribution in [-0.4, -0.2) is 37.7 Å². The Kier molecular flexibility index (Phi) is 5.64. The van der Waals surface area contributed by atoms with E-state index in [1.54, 1.807) is 25.4 Å². The van der Waals surface area contributed by atoms with E-state index in [4.69, 9.17) is 14.7 Å². The Morgan fingerprint density at radius 2 is 1.94 bits per heavy atom. The van der Waals surface area contributed by atoms with Crippen LogP contribution in [-0.2, 0) is 13.0 Å². The summed E-state index contributed by atoms with van der Waals surface area (Å²) in [6, 6.07) is 16.9. The van der Waals surface area contributed by atoms with Crippen LogP contribution in [0.15, 0.2) is 67.0 Å². The van der Waals surface area contributed by atoms with Gasteiger partial charge in [-0.1, -0.05) is 0 Å². The van der Waals surface area contributed by atoms with Gasteiger partial charge in [0.1, 0.15) is 17.4 Å². The fraction of sp³-hybridized carbons (Fsp3) is 0.250. The predicted molar refractivity (Wildman–Crippen MR) is 139 cm³/mol. The van der Waals surface area contributed by atoms with E-state index >= 15 is 0 Å². The number of hydrogen-bond acceptors (Lipinski definition) is 5. The minimum atomic E-state index is -0.266. The molecule has 1 unspecified atom stereocenters. The molecule has 182 valence electrons. The molecule has 0 saturated carbocycles. The second-order valence-electron chi connectivity index (χ2n) is 8.98. The number of nitrogens with one attached hydrogen (secondary N) is 1. The molecule has 0 aliphatic carbocycles. The minimum absolute atomic E-state index is 0.201. The van der Waals surface area contributed by atoms with Crippen molar-refractivity contribution in [2.75, 3.05) is 19.0 Å². The molecule has 5 aromatic rings. The standard InChI is InChI=1S/C28H27FN6O/c1-3-30-28-31-14-12-23(32-28)27-26(18-4-6-20(29)7-5-18)33-25-11-8-21(35(25)27)17-34-15-13-19-16-22(36-2)9-10-24(19)34/h4-7,9-10,12-16,21H,3,8,11,17H2,1-2H3,(H,30,31,32). The van der Waals surface area contributed by atoms with Crippen LogP contribution < -0.4 is 10.1 Å². The van der Waals surface area contributed by atoms with E-state index in [2.05, 4.69) is 43.8 Å². The molecule has 1 atom stereocenters. The number of hydrogen-bond donors (Lipinski definition) is 1. The molecule has 0 bridgehead atoms. The quantitative estimate of drug-likeness (QED) is 0.321. The summed E-state index contributed by atoms with van der Waals surface area (Å²) in [5.41, 5.74) is 4.60. The Balaban J connectivity index is 1.46. The van der Waals surface area contributed by atoms with E-state index in [0.29, 0.717) is 5.95 Å². The Morgan fingerprint density at radius 3 is 2.75 bits per heavy atom. The highest BCUT2D eigenvalue weighted by Gasteiger charge is 2.31. The van der Waals surface area contributed by atoms with Crippen molar-refractivity contribution in [3.05, 3.63) is 78.6 Å². The first-order chi connectivity index (χ1) is 17.6. The predicted octanol–water partition coefficient (Wildman–Crippen LogP) is 5.73. The average Bonchev–Trinajstić information content (AvgIpc) is 3.59. The van der Waals surface area contributed by atoms with Gasteiger partial charge in [-0.15, -0.1) is 0 Å². The number of ether oxygens (including phenoxy) is 1. The molecule has 0 fully saturated rings. The van der Waals surface area contributed by atoms with E-state index in [1.807, 2.05) is 19.1 Å². The van der Waals surface area contributed by atoms with Crippen molar-refractivity contribution in [1.29, 1.82) is 0 Å². The van der Waals surface area contributed by atoms with Gasteiger partial charge >= 0.3 is 0 Å². The molecule has 1 aliphatic heterocycles. The molecule has 1 aliphatic rings. The monoisotopic (exact) mass is 482 g/mol. The van der Waals surface area contributed by atoms with Crippen molar-refractivity contribution in [2.45, 2.75) is 32.4 Å². The van der Waals surface area contributed by atoms with Crippen LogP contribution >= 0.6 is 0 Å². The highest BCUT2D eigenvalue weighted by Crippen LogP contribution is 2.40. The fourth-order valence-corrected chi connectivity index (χ4v) is 5.13. The zero-order chi connectivity index (χ0) is 24.6. The van der Waals surface area contributed by atoms with Crippen LogP contribution in [0.4, 0.5) is 10.3 Å². The molecule has 0 amide bonds. The third-order valence-electron chi connectivity index (χ3n) is 6.79. The van der Waals surface area contributed by atoms with Crippen LogP contribution in [0.5, 0.6) is 5.75 Å². The van der Waals surface area contributed by atoms with E-state index in [-0.39, 0.29) is 11.9 Å². The van der Waals surface area contributed by atoms with Gasteiger partial charge in [0.15, 0.2) is 0 Å². The van der Waals surface area contributed by atoms with E-state index in [1.165, 1.54) is 17.6 Å². The molecular weight excluding hydrogens is 455 g/mol. The third kappa shape index (κ3) is 3.88. The van der Waals surface area contributed by atoms with Gasteiger partial charge in [0.2, 0.25) is 5.95 Å². The molecule has 2 aromatic carbocycles. The van der Waals surface area contributed by atoms with Gasteiger partial charge in [-0.2, -0.15) is 0 Å². The number of rotatable bonds is 7. The molecule has 1 N–H and O–H groups in total. The molecule has 3 aromatic heterocycles. The zero-order valence-electron chi connectivity index (χ0n) is 20.3. The molecule has 7 nitrogen and oxygen atoms in total. The summed E-state index contributed by atoms with van der Waals surface area (Å²) >= 11 is 0. The Labute approximate surface area is 208 Å². The molecule has 4 heterocycles. The van der Waals surface area contributed by atoms with Crippen LogP contribution in [0.25, 0.3) is 33.5 Å². The first-order valence-electron chi connectivity index (χ1n) is 12.2. The fourth-order valence-electron chi connectivity index (χ4n) is 5.13. The smallest absolute Gasteiger partial charge is 0.223 e. The van der Waals surface area contributed by atoms with Crippen LogP contribution in [0.2, 0.25) is 0 Å². The number of nitrogens with zero attached hydrogens (tertiary/aromatic N) is 5. The Bertz CT molecular complexity index is 1540. The van der Waals surface area contributed by atoms with E-state index in [9.17, 15) is 4.39 Å². The highest BCUT2D eigenvalue weighted by atomic mass is 19.1. The maximum absolute atomic E-state index is 13.7. The lowest BCUT2D eigenvalue weighted by molar-refractivity contribution is 0.415. The van der Waals surface area contributed by atoms with Crippen molar-refractivity contribution in [3.63, 3.8) is 0 Å². The number of benzene rings is 2. The Hall–Kier alpha value is -4.20. The highest BCUT2D eigenvalue weighted by molar-refractivity contribution is 5.82. The molecule has 0 spiro atoms. The lowest BCUT2D eigenvalue weighted by Gasteiger charge is -2.19. The van der Waals surface area contributed by atoms with E-state index < -0.39 is 0 Å². The normalized spacial score (nSPS) is 14.8. The molecule has 36 heavy (non-hydrogen) atoms. The summed E-state index contributed by atoms with van der Waals surface area (Å²) in [7, 11) is 1.69. The molecular formula is C28H27FN6O. The third-order valence-corrected chi connectivity index (χ3v) is 6.79.